The average Bonchev–Trinajstić information content (AvgIpc) is 2.38. The van der Waals surface area contributed by atoms with Crippen molar-refractivity contribution in [2.45, 2.75) is 19.2 Å². The highest BCUT2D eigenvalue weighted by molar-refractivity contribution is 6.45. The lowest BCUT2D eigenvalue weighted by molar-refractivity contribution is -0.895. The minimum absolute atomic E-state index is 0.951. The first-order chi connectivity index (χ1) is 5.27. The van der Waals surface area contributed by atoms with Crippen LogP contribution in [0.4, 0.5) is 0 Å². The predicted octanol–water partition coefficient (Wildman–Crippen LogP) is 0.830. The maximum Gasteiger partial charge on any atom is 0.260 e. The second kappa shape index (κ2) is 3.78. The summed E-state index contributed by atoms with van der Waals surface area (Å²) < 4.78 is 1.18. The third-order valence-corrected chi connectivity index (χ3v) is 2.55. The molecule has 59 valence electrons. The van der Waals surface area contributed by atoms with Crippen molar-refractivity contribution < 1.29 is 4.48 Å². The molecule has 0 bridgehead atoms. The standard InChI is InChI=1S/C8H15BN2/c1-11(5-2-3-6-11)7-4-9-8-10/h2-7H2,1H3/q+1. The van der Waals surface area contributed by atoms with E-state index in [1.807, 2.05) is 0 Å². The van der Waals surface area contributed by atoms with Crippen molar-refractivity contribution in [3.8, 4) is 5.97 Å². The van der Waals surface area contributed by atoms with Gasteiger partial charge in [0.15, 0.2) is 0 Å². The Balaban J connectivity index is 2.19. The van der Waals surface area contributed by atoms with Crippen LogP contribution >= 0.6 is 0 Å². The molecule has 0 amide bonds. The fourth-order valence-electron chi connectivity index (χ4n) is 1.76. The van der Waals surface area contributed by atoms with Crippen LogP contribution in [0.5, 0.6) is 0 Å². The number of likely N-dealkylation sites (tertiary alicyclic amines) is 1. The molecule has 0 aromatic carbocycles. The lowest BCUT2D eigenvalue weighted by Gasteiger charge is -2.28. The second-order valence-corrected chi connectivity index (χ2v) is 3.62. The van der Waals surface area contributed by atoms with Gasteiger partial charge in [0, 0.05) is 12.8 Å². The van der Waals surface area contributed by atoms with E-state index in [0.29, 0.717) is 0 Å². The van der Waals surface area contributed by atoms with Gasteiger partial charge in [0.1, 0.15) is 0 Å². The Morgan fingerprint density at radius 2 is 2.09 bits per heavy atom. The van der Waals surface area contributed by atoms with E-state index in [1.54, 1.807) is 7.28 Å². The molecule has 1 radical (unpaired) electrons. The summed E-state index contributed by atoms with van der Waals surface area (Å²) in [4.78, 5) is 0. The first kappa shape index (κ1) is 8.61. The summed E-state index contributed by atoms with van der Waals surface area (Å²) in [6.07, 6.45) is 3.68. The minimum atomic E-state index is 0.951. The summed E-state index contributed by atoms with van der Waals surface area (Å²) in [7, 11) is 4.00. The van der Waals surface area contributed by atoms with Gasteiger partial charge in [-0.25, -0.2) is 5.26 Å². The largest absolute Gasteiger partial charge is 0.327 e. The molecule has 11 heavy (non-hydrogen) atoms. The van der Waals surface area contributed by atoms with Crippen LogP contribution in [0, 0.1) is 11.2 Å². The zero-order valence-electron chi connectivity index (χ0n) is 7.21. The summed E-state index contributed by atoms with van der Waals surface area (Å²) in [5, 5.41) is 8.31. The van der Waals surface area contributed by atoms with Gasteiger partial charge >= 0.3 is 0 Å². The lowest BCUT2D eigenvalue weighted by Crippen LogP contribution is -2.41. The fraction of sp³-hybridized carbons (Fsp3) is 0.875. The molecule has 1 heterocycles. The molecular weight excluding hydrogens is 135 g/mol. The van der Waals surface area contributed by atoms with E-state index in [4.69, 9.17) is 5.26 Å². The fourth-order valence-corrected chi connectivity index (χ4v) is 1.76. The molecule has 1 saturated heterocycles. The van der Waals surface area contributed by atoms with Gasteiger partial charge < -0.3 is 4.48 Å². The Kier molecular flexibility index (Phi) is 2.96. The smallest absolute Gasteiger partial charge is 0.260 e. The number of nitriles is 1. The number of nitrogens with zero attached hydrogens (tertiary/aromatic N) is 2. The van der Waals surface area contributed by atoms with Crippen LogP contribution in [0.25, 0.3) is 0 Å². The third kappa shape index (κ3) is 2.55. The van der Waals surface area contributed by atoms with Gasteiger partial charge in [0.25, 0.3) is 7.28 Å². The van der Waals surface area contributed by atoms with Crippen LogP contribution in [0.15, 0.2) is 0 Å². The van der Waals surface area contributed by atoms with Gasteiger partial charge in [0.2, 0.25) is 0 Å². The van der Waals surface area contributed by atoms with E-state index in [1.165, 1.54) is 30.4 Å². The monoisotopic (exact) mass is 150 g/mol. The molecule has 1 fully saturated rings. The Bertz CT molecular complexity index is 156. The van der Waals surface area contributed by atoms with Crippen molar-refractivity contribution in [2.24, 2.45) is 0 Å². The van der Waals surface area contributed by atoms with Crippen LogP contribution in [0.2, 0.25) is 6.32 Å². The van der Waals surface area contributed by atoms with Crippen molar-refractivity contribution in [1.82, 2.24) is 0 Å². The highest BCUT2D eigenvalue weighted by Crippen LogP contribution is 2.16. The first-order valence-electron chi connectivity index (χ1n) is 4.32. The molecule has 1 aliphatic rings. The molecule has 0 aromatic rings. The topological polar surface area (TPSA) is 23.8 Å². The van der Waals surface area contributed by atoms with Crippen LogP contribution in [0.1, 0.15) is 12.8 Å². The van der Waals surface area contributed by atoms with Gasteiger partial charge in [-0.3, -0.25) is 0 Å². The summed E-state index contributed by atoms with van der Waals surface area (Å²) in [6.45, 7) is 3.76. The van der Waals surface area contributed by atoms with Gasteiger partial charge in [-0.1, -0.05) is 0 Å². The quantitative estimate of drug-likeness (QED) is 0.332. The summed E-state index contributed by atoms with van der Waals surface area (Å²) in [5.74, 6) is 2.07. The Morgan fingerprint density at radius 1 is 1.45 bits per heavy atom. The van der Waals surface area contributed by atoms with E-state index < -0.39 is 0 Å². The summed E-state index contributed by atoms with van der Waals surface area (Å²) in [6, 6.07) is 0. The van der Waals surface area contributed by atoms with Gasteiger partial charge in [-0.15, -0.1) is 0 Å². The van der Waals surface area contributed by atoms with Crippen molar-refractivity contribution in [3.05, 3.63) is 0 Å². The lowest BCUT2D eigenvalue weighted by atomic mass is 9.77. The van der Waals surface area contributed by atoms with Gasteiger partial charge in [-0.05, 0) is 12.3 Å². The molecule has 0 unspecified atom stereocenters. The molecule has 1 aliphatic heterocycles. The Labute approximate surface area is 69.6 Å². The maximum absolute atomic E-state index is 8.31. The van der Waals surface area contributed by atoms with Gasteiger partial charge in [-0.2, -0.15) is 0 Å². The second-order valence-electron chi connectivity index (χ2n) is 3.62. The molecule has 0 saturated carbocycles. The molecule has 0 aromatic heterocycles. The number of quaternary nitrogens is 1. The first-order valence-corrected chi connectivity index (χ1v) is 4.32. The summed E-state index contributed by atoms with van der Waals surface area (Å²) >= 11 is 0. The van der Waals surface area contributed by atoms with E-state index >= 15 is 0 Å². The van der Waals surface area contributed by atoms with Crippen LogP contribution in [-0.4, -0.2) is 38.4 Å². The van der Waals surface area contributed by atoms with Crippen LogP contribution in [-0.2, 0) is 0 Å². The third-order valence-electron chi connectivity index (χ3n) is 2.55. The normalized spacial score (nSPS) is 21.1. The molecule has 0 atom stereocenters. The molecular formula is C8H15BN2+. The highest BCUT2D eigenvalue weighted by Gasteiger charge is 2.25. The molecule has 0 N–H and O–H groups in total. The summed E-state index contributed by atoms with van der Waals surface area (Å²) in [5.41, 5.74) is 0. The molecule has 0 aliphatic carbocycles. The molecule has 2 nitrogen and oxygen atoms in total. The predicted molar refractivity (Wildman–Crippen MR) is 46.2 cm³/mol. The number of hydrogen-bond donors (Lipinski definition) is 0. The van der Waals surface area contributed by atoms with E-state index in [2.05, 4.69) is 13.0 Å². The van der Waals surface area contributed by atoms with E-state index in [9.17, 15) is 0 Å². The zero-order chi connectivity index (χ0) is 8.16. The van der Waals surface area contributed by atoms with Crippen molar-refractivity contribution >= 4 is 7.28 Å². The molecule has 0 spiro atoms. The number of hydrogen-bond acceptors (Lipinski definition) is 1. The average molecular weight is 150 g/mol. The van der Waals surface area contributed by atoms with Crippen LogP contribution in [0.3, 0.4) is 0 Å². The Hall–Kier alpha value is -0.485. The number of rotatable bonds is 3. The van der Waals surface area contributed by atoms with Crippen molar-refractivity contribution in [3.63, 3.8) is 0 Å². The Morgan fingerprint density at radius 3 is 2.64 bits per heavy atom. The van der Waals surface area contributed by atoms with E-state index in [-0.39, 0.29) is 0 Å². The van der Waals surface area contributed by atoms with E-state index in [0.717, 1.165) is 12.9 Å². The molecule has 3 heteroatoms. The highest BCUT2D eigenvalue weighted by atomic mass is 15.3. The van der Waals surface area contributed by atoms with Gasteiger partial charge in [0.05, 0.1) is 26.7 Å². The van der Waals surface area contributed by atoms with Crippen molar-refractivity contribution in [1.29, 1.82) is 5.26 Å². The molecule has 1 rings (SSSR count). The zero-order valence-corrected chi connectivity index (χ0v) is 7.21. The van der Waals surface area contributed by atoms with Crippen LogP contribution < -0.4 is 0 Å². The maximum atomic E-state index is 8.31. The minimum Gasteiger partial charge on any atom is -0.327 e. The van der Waals surface area contributed by atoms with Crippen molar-refractivity contribution in [2.75, 3.05) is 26.7 Å². The SMILES string of the molecule is C[N+]1(CC[B]C#N)CCCC1.